The number of phenols is 3. The van der Waals surface area contributed by atoms with Crippen molar-refractivity contribution < 1.29 is 54.4 Å². The highest BCUT2D eigenvalue weighted by atomic mass is 16.7. The van der Waals surface area contributed by atoms with E-state index in [0.29, 0.717) is 0 Å². The average Bonchev–Trinajstić information content (AvgIpc) is 2.77. The molecular formula is C23H26O11. The lowest BCUT2D eigenvalue weighted by Crippen LogP contribution is -2.61. The van der Waals surface area contributed by atoms with Gasteiger partial charge in [0.2, 0.25) is 6.29 Å². The monoisotopic (exact) mass is 478 g/mol. The summed E-state index contributed by atoms with van der Waals surface area (Å²) in [6.45, 7) is 0.367. The Kier molecular flexibility index (Phi) is 7.94. The molecule has 1 heterocycles. The largest absolute Gasteiger partial charge is 0.508 e. The summed E-state index contributed by atoms with van der Waals surface area (Å²) >= 11 is 0. The number of rotatable bonds is 8. The summed E-state index contributed by atoms with van der Waals surface area (Å²) in [6.07, 6.45) is -7.52. The number of carbonyl (C=O) groups is 2. The fraction of sp³-hybridized carbons (Fsp3) is 0.391. The van der Waals surface area contributed by atoms with Crippen LogP contribution < -0.4 is 4.74 Å². The smallest absolute Gasteiger partial charge is 0.303 e. The molecular weight excluding hydrogens is 452 g/mol. The van der Waals surface area contributed by atoms with Gasteiger partial charge < -0.3 is 44.8 Å². The number of esters is 1. The van der Waals surface area contributed by atoms with Crippen molar-refractivity contribution in [1.29, 1.82) is 0 Å². The maximum absolute atomic E-state index is 12.9. The molecule has 184 valence electrons. The number of aryl methyl sites for hydroxylation is 1. The molecule has 0 amide bonds. The second-order valence-electron chi connectivity index (χ2n) is 7.83. The van der Waals surface area contributed by atoms with E-state index in [1.54, 1.807) is 12.1 Å². The van der Waals surface area contributed by atoms with Crippen LogP contribution >= 0.6 is 0 Å². The van der Waals surface area contributed by atoms with Gasteiger partial charge in [-0.25, -0.2) is 0 Å². The molecule has 0 aliphatic carbocycles. The number of Topliss-reactive ketones (excluding diaryl/α,β-unsaturated/α-hetero) is 1. The first-order valence-corrected chi connectivity index (χ1v) is 10.4. The molecule has 11 nitrogen and oxygen atoms in total. The quantitative estimate of drug-likeness (QED) is 0.228. The highest BCUT2D eigenvalue weighted by molar-refractivity contribution is 6.01. The fourth-order valence-corrected chi connectivity index (χ4v) is 3.61. The zero-order valence-corrected chi connectivity index (χ0v) is 18.2. The Morgan fingerprint density at radius 1 is 1.00 bits per heavy atom. The molecule has 3 rings (SSSR count). The minimum absolute atomic E-state index is 0.0679. The standard InChI is InChI=1S/C23H26O11/c1-11(25)32-22-20(30)18(10-24)34-23(21(22)31)33-17-9-14(27)8-16(29)19(17)15(28)7-4-12-2-5-13(26)6-3-12/h2-3,5-6,8-9,18,20-24,26-27,29-31H,4,7,10H2,1H3/t18-,20-,21-,22+,23-/m1/s1. The molecule has 2 aromatic carbocycles. The van der Waals surface area contributed by atoms with E-state index in [4.69, 9.17) is 14.2 Å². The summed E-state index contributed by atoms with van der Waals surface area (Å²) in [6, 6.07) is 8.19. The Bertz CT molecular complexity index is 1020. The van der Waals surface area contributed by atoms with Crippen LogP contribution in [0.15, 0.2) is 36.4 Å². The van der Waals surface area contributed by atoms with E-state index in [1.165, 1.54) is 12.1 Å². The van der Waals surface area contributed by atoms with Gasteiger partial charge in [-0.15, -0.1) is 0 Å². The normalized spacial score (nSPS) is 24.4. The van der Waals surface area contributed by atoms with Crippen molar-refractivity contribution in [2.45, 2.75) is 50.5 Å². The molecule has 0 spiro atoms. The molecule has 0 unspecified atom stereocenters. The van der Waals surface area contributed by atoms with Crippen molar-refractivity contribution in [3.8, 4) is 23.0 Å². The van der Waals surface area contributed by atoms with Crippen molar-refractivity contribution in [3.63, 3.8) is 0 Å². The Morgan fingerprint density at radius 2 is 1.68 bits per heavy atom. The van der Waals surface area contributed by atoms with E-state index >= 15 is 0 Å². The van der Waals surface area contributed by atoms with Crippen molar-refractivity contribution in [2.24, 2.45) is 0 Å². The van der Waals surface area contributed by atoms with Gasteiger partial charge in [-0.3, -0.25) is 9.59 Å². The number of aliphatic hydroxyl groups excluding tert-OH is 3. The molecule has 1 fully saturated rings. The molecule has 5 atom stereocenters. The van der Waals surface area contributed by atoms with Crippen LogP contribution in [0.1, 0.15) is 29.3 Å². The predicted octanol–water partition coefficient (Wildman–Crippen LogP) is 0.368. The molecule has 34 heavy (non-hydrogen) atoms. The highest BCUT2D eigenvalue weighted by Crippen LogP contribution is 2.36. The summed E-state index contributed by atoms with van der Waals surface area (Å²) in [7, 11) is 0. The van der Waals surface area contributed by atoms with Gasteiger partial charge in [0.25, 0.3) is 0 Å². The lowest BCUT2D eigenvalue weighted by Gasteiger charge is -2.41. The van der Waals surface area contributed by atoms with Crippen LogP contribution in [0.25, 0.3) is 0 Å². The van der Waals surface area contributed by atoms with Gasteiger partial charge in [0.05, 0.1) is 6.61 Å². The van der Waals surface area contributed by atoms with Gasteiger partial charge in [-0.05, 0) is 24.1 Å². The van der Waals surface area contributed by atoms with Crippen molar-refractivity contribution in [3.05, 3.63) is 47.5 Å². The minimum atomic E-state index is -1.73. The van der Waals surface area contributed by atoms with Gasteiger partial charge in [0, 0.05) is 25.5 Å². The SMILES string of the molecule is CC(=O)O[C@@H]1[C@@H](O)[C@H](Oc2cc(O)cc(O)c2C(=O)CCc2ccc(O)cc2)O[C@H](CO)[C@H]1O. The summed E-state index contributed by atoms with van der Waals surface area (Å²) in [5.74, 6) is -2.63. The fourth-order valence-electron chi connectivity index (χ4n) is 3.61. The number of ketones is 1. The number of ether oxygens (including phenoxy) is 3. The molecule has 0 radical (unpaired) electrons. The number of hydrogen-bond donors (Lipinski definition) is 6. The van der Waals surface area contributed by atoms with Crippen LogP contribution in [0, 0.1) is 0 Å². The van der Waals surface area contributed by atoms with E-state index in [1.807, 2.05) is 0 Å². The number of benzene rings is 2. The highest BCUT2D eigenvalue weighted by Gasteiger charge is 2.48. The third-order valence-electron chi connectivity index (χ3n) is 5.29. The second-order valence-corrected chi connectivity index (χ2v) is 7.83. The molecule has 1 saturated heterocycles. The first-order chi connectivity index (χ1) is 16.1. The second kappa shape index (κ2) is 10.7. The van der Waals surface area contributed by atoms with Crippen LogP contribution in [0.2, 0.25) is 0 Å². The Hall–Kier alpha value is -3.38. The summed E-state index contributed by atoms with van der Waals surface area (Å²) < 4.78 is 15.9. The van der Waals surface area contributed by atoms with E-state index < -0.39 is 60.6 Å². The Morgan fingerprint density at radius 3 is 2.29 bits per heavy atom. The van der Waals surface area contributed by atoms with Crippen molar-refractivity contribution in [2.75, 3.05) is 6.61 Å². The summed E-state index contributed by atoms with van der Waals surface area (Å²) in [5, 5.41) is 59.9. The predicted molar refractivity (Wildman–Crippen MR) is 114 cm³/mol. The number of phenolic OH excluding ortho intramolecular Hbond substituents is 3. The molecule has 2 aromatic rings. The van der Waals surface area contributed by atoms with Crippen LogP contribution in [0.3, 0.4) is 0 Å². The van der Waals surface area contributed by atoms with Crippen molar-refractivity contribution in [1.82, 2.24) is 0 Å². The Labute approximate surface area is 194 Å². The van der Waals surface area contributed by atoms with E-state index in [-0.39, 0.29) is 29.9 Å². The molecule has 11 heteroatoms. The van der Waals surface area contributed by atoms with Gasteiger partial charge in [0.15, 0.2) is 18.0 Å². The number of aliphatic hydroxyl groups is 3. The van der Waals surface area contributed by atoms with Gasteiger partial charge in [-0.1, -0.05) is 12.1 Å². The maximum Gasteiger partial charge on any atom is 0.303 e. The molecule has 0 saturated carbocycles. The van der Waals surface area contributed by atoms with Crippen LogP contribution in [0.4, 0.5) is 0 Å². The molecule has 1 aliphatic rings. The molecule has 1 aliphatic heterocycles. The number of carbonyl (C=O) groups excluding carboxylic acids is 2. The maximum atomic E-state index is 12.9. The lowest BCUT2D eigenvalue weighted by molar-refractivity contribution is -0.281. The van der Waals surface area contributed by atoms with E-state index in [0.717, 1.165) is 24.6 Å². The first-order valence-electron chi connectivity index (χ1n) is 10.4. The zero-order chi connectivity index (χ0) is 25.0. The number of hydrogen-bond acceptors (Lipinski definition) is 11. The van der Waals surface area contributed by atoms with Gasteiger partial charge >= 0.3 is 5.97 Å². The molecule has 0 aromatic heterocycles. The van der Waals surface area contributed by atoms with Crippen LogP contribution in [0.5, 0.6) is 23.0 Å². The summed E-state index contributed by atoms with van der Waals surface area (Å²) in [5.41, 5.74) is 0.463. The van der Waals surface area contributed by atoms with E-state index in [2.05, 4.69) is 0 Å². The van der Waals surface area contributed by atoms with Gasteiger partial charge in [0.1, 0.15) is 40.8 Å². The minimum Gasteiger partial charge on any atom is -0.508 e. The topological polar surface area (TPSA) is 183 Å². The lowest BCUT2D eigenvalue weighted by atomic mass is 9.98. The Balaban J connectivity index is 1.85. The van der Waals surface area contributed by atoms with Crippen LogP contribution in [-0.4, -0.2) is 79.7 Å². The van der Waals surface area contributed by atoms with Gasteiger partial charge in [-0.2, -0.15) is 0 Å². The summed E-state index contributed by atoms with van der Waals surface area (Å²) in [4.78, 5) is 24.3. The molecule has 0 bridgehead atoms. The molecule has 6 N–H and O–H groups in total. The average molecular weight is 478 g/mol. The van der Waals surface area contributed by atoms with Crippen molar-refractivity contribution >= 4 is 11.8 Å². The third kappa shape index (κ3) is 5.75. The number of aromatic hydroxyl groups is 3. The van der Waals surface area contributed by atoms with E-state index in [9.17, 15) is 40.2 Å². The third-order valence-corrected chi connectivity index (χ3v) is 5.29. The zero-order valence-electron chi connectivity index (χ0n) is 18.2. The first kappa shape index (κ1) is 25.2. The van der Waals surface area contributed by atoms with Crippen LogP contribution in [-0.2, 0) is 20.7 Å².